The van der Waals surface area contributed by atoms with E-state index >= 15 is 0 Å². The number of alkyl halides is 3. The Morgan fingerprint density at radius 3 is 2.22 bits per heavy atom. The first-order valence-electron chi connectivity index (χ1n) is 9.02. The highest BCUT2D eigenvalue weighted by Gasteiger charge is 2.38. The van der Waals surface area contributed by atoms with E-state index in [-0.39, 0.29) is 10.5 Å². The fourth-order valence-electron chi connectivity index (χ4n) is 2.82. The van der Waals surface area contributed by atoms with Gasteiger partial charge in [-0.2, -0.15) is 13.2 Å². The molecule has 0 spiro atoms. The molecule has 0 unspecified atom stereocenters. The van der Waals surface area contributed by atoms with Gasteiger partial charge in [-0.3, -0.25) is 4.98 Å². The number of nitrogens with one attached hydrogen (secondary N) is 1. The molecule has 0 aliphatic carbocycles. The maximum Gasteiger partial charge on any atom is 0.417 e. The highest BCUT2D eigenvalue weighted by atomic mass is 32.2. The molecule has 0 saturated heterocycles. The Labute approximate surface area is 182 Å². The average Bonchev–Trinajstić information content (AvgIpc) is 2.77. The van der Waals surface area contributed by atoms with E-state index in [1.54, 1.807) is 6.07 Å². The third-order valence-electron chi connectivity index (χ3n) is 4.45. The molecular weight excluding hydrogens is 469 g/mol. The van der Waals surface area contributed by atoms with Crippen LogP contribution < -0.4 is 4.72 Å². The van der Waals surface area contributed by atoms with Crippen molar-refractivity contribution in [3.8, 4) is 0 Å². The fourth-order valence-corrected chi connectivity index (χ4v) is 5.49. The van der Waals surface area contributed by atoms with E-state index in [0.717, 1.165) is 0 Å². The van der Waals surface area contributed by atoms with E-state index in [4.69, 9.17) is 0 Å². The van der Waals surface area contributed by atoms with Gasteiger partial charge in [-0.05, 0) is 36.4 Å². The summed E-state index contributed by atoms with van der Waals surface area (Å²) in [6.45, 7) is -0.652. The van der Waals surface area contributed by atoms with Crippen LogP contribution in [0.25, 0.3) is 0 Å². The van der Waals surface area contributed by atoms with Crippen LogP contribution in [0.2, 0.25) is 0 Å². The van der Waals surface area contributed by atoms with Crippen LogP contribution in [-0.4, -0.2) is 33.5 Å². The minimum absolute atomic E-state index is 0.205. The maximum absolute atomic E-state index is 13.5. The first-order chi connectivity index (χ1) is 14.9. The number of hydrogen-bond donors (Lipinski definition) is 2. The first kappa shape index (κ1) is 23.9. The molecule has 0 radical (unpaired) electrons. The minimum Gasteiger partial charge on any atom is -0.387 e. The highest BCUT2D eigenvalue weighted by molar-refractivity contribution is 7.91. The standard InChI is InChI=1S/C20H17F3N2O5S2/c21-20(22,23)17-9-8-16(31(27,28)15-6-2-1-3-7-15)11-19(17)32(29,30)25-13-18(26)14-5-4-10-24-12-14/h1-12,18,25-26H,13H2/t18-/m0/s1. The lowest BCUT2D eigenvalue weighted by Crippen LogP contribution is -2.30. The normalized spacial score (nSPS) is 13.6. The second-order valence-corrected chi connectivity index (χ2v) is 10.3. The smallest absolute Gasteiger partial charge is 0.387 e. The Morgan fingerprint density at radius 2 is 1.62 bits per heavy atom. The molecule has 2 N–H and O–H groups in total. The summed E-state index contributed by atoms with van der Waals surface area (Å²) in [4.78, 5) is 1.68. The highest BCUT2D eigenvalue weighted by Crippen LogP contribution is 2.36. The quantitative estimate of drug-likeness (QED) is 0.531. The Balaban J connectivity index is 2.02. The van der Waals surface area contributed by atoms with Gasteiger partial charge in [0, 0.05) is 24.5 Å². The topological polar surface area (TPSA) is 113 Å². The van der Waals surface area contributed by atoms with E-state index in [9.17, 15) is 35.1 Å². The molecule has 0 saturated carbocycles. The molecule has 0 fully saturated rings. The first-order valence-corrected chi connectivity index (χ1v) is 12.0. The number of pyridine rings is 1. The number of nitrogens with zero attached hydrogens (tertiary/aromatic N) is 1. The Hall–Kier alpha value is -2.80. The molecule has 12 heteroatoms. The van der Waals surface area contributed by atoms with Gasteiger partial charge in [0.05, 0.1) is 26.4 Å². The van der Waals surface area contributed by atoms with Crippen molar-refractivity contribution in [2.75, 3.05) is 6.54 Å². The van der Waals surface area contributed by atoms with Crippen molar-refractivity contribution < 1.29 is 35.1 Å². The molecule has 1 aromatic heterocycles. The molecule has 3 rings (SSSR count). The number of hydrogen-bond acceptors (Lipinski definition) is 6. The Bertz CT molecular complexity index is 1300. The van der Waals surface area contributed by atoms with Crippen LogP contribution in [0.5, 0.6) is 0 Å². The van der Waals surface area contributed by atoms with Crippen LogP contribution in [0, 0.1) is 0 Å². The van der Waals surface area contributed by atoms with Crippen LogP contribution in [0.1, 0.15) is 17.2 Å². The molecule has 3 aromatic rings. The largest absolute Gasteiger partial charge is 0.417 e. The molecule has 7 nitrogen and oxygen atoms in total. The number of aliphatic hydroxyl groups excluding tert-OH is 1. The molecule has 0 amide bonds. The SMILES string of the molecule is O=S(=O)(NC[C@H](O)c1cccnc1)c1cc(S(=O)(=O)c2ccccc2)ccc1C(F)(F)F. The van der Waals surface area contributed by atoms with E-state index in [1.807, 2.05) is 4.72 Å². The number of rotatable bonds is 7. The van der Waals surface area contributed by atoms with Crippen molar-refractivity contribution >= 4 is 19.9 Å². The summed E-state index contributed by atoms with van der Waals surface area (Å²) in [5, 5.41) is 10.1. The second-order valence-electron chi connectivity index (χ2n) is 6.63. The predicted molar refractivity (Wildman–Crippen MR) is 108 cm³/mol. The van der Waals surface area contributed by atoms with Gasteiger partial charge in [-0.25, -0.2) is 21.6 Å². The second kappa shape index (κ2) is 8.98. The number of sulfone groups is 1. The van der Waals surface area contributed by atoms with E-state index in [2.05, 4.69) is 4.98 Å². The zero-order valence-corrected chi connectivity index (χ0v) is 17.8. The molecule has 2 aromatic carbocycles. The van der Waals surface area contributed by atoms with E-state index < -0.39 is 54.0 Å². The maximum atomic E-state index is 13.5. The van der Waals surface area contributed by atoms with Crippen molar-refractivity contribution in [1.82, 2.24) is 9.71 Å². The lowest BCUT2D eigenvalue weighted by atomic mass is 10.2. The summed E-state index contributed by atoms with van der Waals surface area (Å²) in [7, 11) is -9.13. The van der Waals surface area contributed by atoms with Gasteiger partial charge in [0.1, 0.15) is 0 Å². The van der Waals surface area contributed by atoms with Gasteiger partial charge in [-0.1, -0.05) is 24.3 Å². The lowest BCUT2D eigenvalue weighted by Gasteiger charge is -2.17. The predicted octanol–water partition coefficient (Wildman–Crippen LogP) is 2.95. The van der Waals surface area contributed by atoms with Crippen molar-refractivity contribution in [2.45, 2.75) is 27.0 Å². The van der Waals surface area contributed by atoms with Gasteiger partial charge in [0.2, 0.25) is 19.9 Å². The number of sulfonamides is 1. The third kappa shape index (κ3) is 5.15. The summed E-state index contributed by atoms with van der Waals surface area (Å²) in [6.07, 6.45) is -3.76. The van der Waals surface area contributed by atoms with Gasteiger partial charge in [0.25, 0.3) is 0 Å². The van der Waals surface area contributed by atoms with E-state index in [1.165, 1.54) is 48.8 Å². The van der Waals surface area contributed by atoms with Crippen molar-refractivity contribution in [1.29, 1.82) is 0 Å². The van der Waals surface area contributed by atoms with Crippen LogP contribution in [0.3, 0.4) is 0 Å². The lowest BCUT2D eigenvalue weighted by molar-refractivity contribution is -0.139. The Morgan fingerprint density at radius 1 is 0.938 bits per heavy atom. The van der Waals surface area contributed by atoms with Gasteiger partial charge in [-0.15, -0.1) is 0 Å². The summed E-state index contributed by atoms with van der Waals surface area (Å²) < 4.78 is 93.4. The van der Waals surface area contributed by atoms with Crippen LogP contribution >= 0.6 is 0 Å². The average molecular weight is 486 g/mol. The summed E-state index contributed by atoms with van der Waals surface area (Å²) in [5.74, 6) is 0. The number of benzene rings is 2. The fraction of sp³-hybridized carbons (Fsp3) is 0.150. The van der Waals surface area contributed by atoms with Crippen LogP contribution in [0.4, 0.5) is 13.2 Å². The molecule has 1 atom stereocenters. The minimum atomic E-state index is -5.07. The molecule has 0 aliphatic rings. The third-order valence-corrected chi connectivity index (χ3v) is 7.68. The van der Waals surface area contributed by atoms with E-state index in [0.29, 0.717) is 18.2 Å². The number of aromatic nitrogens is 1. The van der Waals surface area contributed by atoms with Gasteiger partial charge < -0.3 is 5.11 Å². The van der Waals surface area contributed by atoms with Crippen LogP contribution in [0.15, 0.2) is 87.7 Å². The van der Waals surface area contributed by atoms with Gasteiger partial charge in [0.15, 0.2) is 0 Å². The molecule has 0 aliphatic heterocycles. The molecule has 32 heavy (non-hydrogen) atoms. The van der Waals surface area contributed by atoms with Crippen molar-refractivity contribution in [2.24, 2.45) is 0 Å². The monoisotopic (exact) mass is 486 g/mol. The molecule has 170 valence electrons. The van der Waals surface area contributed by atoms with Crippen LogP contribution in [-0.2, 0) is 26.0 Å². The summed E-state index contributed by atoms with van der Waals surface area (Å²) >= 11 is 0. The molecule has 1 heterocycles. The summed E-state index contributed by atoms with van der Waals surface area (Å²) in [6, 6.07) is 11.4. The zero-order chi connectivity index (χ0) is 23.6. The van der Waals surface area contributed by atoms with Crippen molar-refractivity contribution in [3.63, 3.8) is 0 Å². The molecular formula is C20H17F3N2O5S2. The number of aliphatic hydroxyl groups is 1. The molecule has 0 bridgehead atoms. The van der Waals surface area contributed by atoms with Crippen molar-refractivity contribution in [3.05, 3.63) is 84.2 Å². The summed E-state index contributed by atoms with van der Waals surface area (Å²) in [5.41, 5.74) is -1.29. The Kier molecular flexibility index (Phi) is 6.69. The zero-order valence-electron chi connectivity index (χ0n) is 16.2. The van der Waals surface area contributed by atoms with Gasteiger partial charge >= 0.3 is 6.18 Å². The number of halogens is 3.